The molecule has 0 unspecified atom stereocenters. The van der Waals surface area contributed by atoms with E-state index in [2.05, 4.69) is 26.6 Å². The highest BCUT2D eigenvalue weighted by Gasteiger charge is 2.46. The zero-order valence-corrected chi connectivity index (χ0v) is 60.4. The molecule has 13 atom stereocenters. The van der Waals surface area contributed by atoms with E-state index >= 15 is 14.4 Å². The first-order valence-corrected chi connectivity index (χ1v) is 33.0. The van der Waals surface area contributed by atoms with Gasteiger partial charge in [0.2, 0.25) is 65.0 Å². The molecule has 12 amide bonds. The number of nitrogens with zero attached hydrogens (tertiary/aromatic N) is 7. The van der Waals surface area contributed by atoms with Crippen LogP contribution in [-0.4, -0.2) is 259 Å². The molecule has 1 aliphatic heterocycles. The zero-order chi connectivity index (χ0) is 71.8. The molecule has 0 saturated carbocycles. The molecule has 27 heteroatoms. The number of carbonyl (C=O) groups excluding carboxylic acids is 12. The highest BCUT2D eigenvalue weighted by atomic mass is 16.5. The van der Waals surface area contributed by atoms with Crippen molar-refractivity contribution in [3.05, 3.63) is 12.2 Å². The summed E-state index contributed by atoms with van der Waals surface area (Å²) in [6.07, 6.45) is 1.71. The maximum Gasteiger partial charge on any atom is 0.406 e. The summed E-state index contributed by atoms with van der Waals surface area (Å²) in [5.74, 6) is -10.4. The van der Waals surface area contributed by atoms with E-state index in [1.165, 1.54) is 89.8 Å². The van der Waals surface area contributed by atoms with Gasteiger partial charge >= 0.3 is 6.09 Å². The first-order chi connectivity index (χ1) is 43.2. The zero-order valence-electron chi connectivity index (χ0n) is 60.4. The third-order valence-corrected chi connectivity index (χ3v) is 17.1. The summed E-state index contributed by atoms with van der Waals surface area (Å²) in [4.78, 5) is 182. The van der Waals surface area contributed by atoms with Crippen molar-refractivity contribution in [3.8, 4) is 0 Å². The maximum atomic E-state index is 15.2. The molecule has 0 aliphatic carbocycles. The van der Waals surface area contributed by atoms with Crippen molar-refractivity contribution in [2.75, 3.05) is 76.1 Å². The van der Waals surface area contributed by atoms with Gasteiger partial charge in [-0.05, 0) is 108 Å². The summed E-state index contributed by atoms with van der Waals surface area (Å²) in [5, 5.41) is 25.4. The van der Waals surface area contributed by atoms with E-state index in [0.717, 1.165) is 14.7 Å². The number of amides is 12. The van der Waals surface area contributed by atoms with Crippen molar-refractivity contribution in [2.24, 2.45) is 35.5 Å². The molecule has 0 bridgehead atoms. The van der Waals surface area contributed by atoms with Gasteiger partial charge in [0.25, 0.3) is 0 Å². The summed E-state index contributed by atoms with van der Waals surface area (Å²) in [6.45, 7) is 26.9. The number of likely N-dealkylation sites (N-methyl/N-ethyl adjacent to an activating group) is 7. The number of rotatable bonds is 20. The van der Waals surface area contributed by atoms with Gasteiger partial charge in [-0.1, -0.05) is 95.2 Å². The van der Waals surface area contributed by atoms with Gasteiger partial charge in [-0.2, -0.15) is 0 Å². The first-order valence-electron chi connectivity index (χ1n) is 33.0. The third kappa shape index (κ3) is 24.7. The Morgan fingerprint density at radius 3 is 1.52 bits per heavy atom. The lowest BCUT2D eigenvalue weighted by Gasteiger charge is -2.41. The summed E-state index contributed by atoms with van der Waals surface area (Å²) in [7, 11) is 11.1. The molecule has 1 saturated heterocycles. The molecular weight excluding hydrogens is 1200 g/mol. The monoisotopic (exact) mass is 1320 g/mol. The molecule has 532 valence electrons. The lowest BCUT2D eigenvalue weighted by molar-refractivity contribution is -0.157. The first kappa shape index (κ1) is 84.1. The van der Waals surface area contributed by atoms with Crippen LogP contribution in [0.3, 0.4) is 0 Å². The van der Waals surface area contributed by atoms with E-state index in [1.54, 1.807) is 67.5 Å². The van der Waals surface area contributed by atoms with Crippen LogP contribution >= 0.6 is 0 Å². The standard InChI is InChI=1S/C66H118N12O15/c1-25-27-30-42(13)55(80)54-59(84)70-46(26-2)61(86)72(18)36-50(79)76(22)53(45(16)92-31-28-29-32-93-66(91)67-17)58(83)71-51(40(9)10)64(89)73(19)47(33-37(3)4)57(82)68-43(14)56(81)69-44(15)60(85)74(20)48(34-38(5)6)62(87)75(21)49(35-39(7)8)63(88)77(23)52(41(11)12)65(90)78(54)24/h25,27,37-49,51-55,80H,26,28-36H2,1-24H3,(H,67,91)(H,68,82)(H,69,81)(H,70,84)(H,71,83)/b27-25+/t42-,43+,44-,45-,46+,47+,48+,49+,51+,52+,53+,54+,55-/m1/s1. The summed E-state index contributed by atoms with van der Waals surface area (Å²) < 4.78 is 11.2. The van der Waals surface area contributed by atoms with Crippen LogP contribution < -0.4 is 26.6 Å². The topological polar surface area (TPSA) is 326 Å². The summed E-state index contributed by atoms with van der Waals surface area (Å²) in [6, 6.07) is -13.1. The molecule has 93 heavy (non-hydrogen) atoms. The molecular formula is C66H118N12O15. The second-order valence-corrected chi connectivity index (χ2v) is 27.1. The van der Waals surface area contributed by atoms with Crippen molar-refractivity contribution in [1.82, 2.24) is 60.9 Å². The fraction of sp³-hybridized carbons (Fsp3) is 0.788. The molecule has 0 aromatic carbocycles. The van der Waals surface area contributed by atoms with Gasteiger partial charge in [-0.3, -0.25) is 52.7 Å². The van der Waals surface area contributed by atoms with E-state index in [0.29, 0.717) is 12.8 Å². The largest absolute Gasteiger partial charge is 0.450 e. The molecule has 0 aromatic rings. The molecule has 6 N–H and O–H groups in total. The minimum Gasteiger partial charge on any atom is -0.450 e. The van der Waals surface area contributed by atoms with Crippen LogP contribution in [0.5, 0.6) is 0 Å². The molecule has 1 fully saturated rings. The van der Waals surface area contributed by atoms with Crippen molar-refractivity contribution < 1.29 is 72.1 Å². The average Bonchev–Trinajstić information content (AvgIpc) is 0.825. The molecule has 0 aromatic heterocycles. The highest BCUT2D eigenvalue weighted by Crippen LogP contribution is 2.26. The lowest BCUT2D eigenvalue weighted by Crippen LogP contribution is -2.63. The van der Waals surface area contributed by atoms with Gasteiger partial charge in [-0.15, -0.1) is 0 Å². The number of alkyl carbamates (subject to hydrolysis) is 1. The number of aliphatic hydroxyl groups excluding tert-OH is 1. The van der Waals surface area contributed by atoms with Crippen LogP contribution in [0.4, 0.5) is 4.79 Å². The Bertz CT molecular complexity index is 2550. The van der Waals surface area contributed by atoms with Crippen LogP contribution in [-0.2, 0) is 62.2 Å². The number of nitrogens with one attached hydrogen (secondary N) is 5. The Morgan fingerprint density at radius 2 is 1.02 bits per heavy atom. The fourth-order valence-corrected chi connectivity index (χ4v) is 11.3. The van der Waals surface area contributed by atoms with Crippen LogP contribution in [0.15, 0.2) is 12.2 Å². The van der Waals surface area contributed by atoms with Gasteiger partial charge in [0.15, 0.2) is 0 Å². The molecule has 1 aliphatic rings. The van der Waals surface area contributed by atoms with Gasteiger partial charge in [0.1, 0.15) is 60.4 Å². The number of carbonyl (C=O) groups is 12. The normalized spacial score (nSPS) is 25.8. The Morgan fingerprint density at radius 1 is 0.548 bits per heavy atom. The molecule has 27 nitrogen and oxygen atoms in total. The van der Waals surface area contributed by atoms with Crippen molar-refractivity contribution in [2.45, 2.75) is 228 Å². The maximum absolute atomic E-state index is 15.2. The smallest absolute Gasteiger partial charge is 0.406 e. The molecule has 0 spiro atoms. The number of aliphatic hydroxyl groups is 1. The number of allylic oxidation sites excluding steroid dienone is 2. The molecule has 0 radical (unpaired) electrons. The van der Waals surface area contributed by atoms with Crippen LogP contribution in [0, 0.1) is 35.5 Å². The average molecular weight is 1320 g/mol. The number of hydrogen-bond donors (Lipinski definition) is 6. The summed E-state index contributed by atoms with van der Waals surface area (Å²) in [5.41, 5.74) is 0. The van der Waals surface area contributed by atoms with Crippen molar-refractivity contribution in [1.29, 1.82) is 0 Å². The van der Waals surface area contributed by atoms with Crippen molar-refractivity contribution >= 4 is 71.1 Å². The van der Waals surface area contributed by atoms with E-state index in [9.17, 15) is 48.3 Å². The number of unbranched alkanes of at least 4 members (excludes halogenated alkanes) is 1. The van der Waals surface area contributed by atoms with E-state index in [4.69, 9.17) is 9.47 Å². The van der Waals surface area contributed by atoms with E-state index < -0.39 is 168 Å². The van der Waals surface area contributed by atoms with Gasteiger partial charge in [0, 0.05) is 63.0 Å². The Kier molecular flexibility index (Phi) is 35.9. The molecule has 1 rings (SSSR count). The van der Waals surface area contributed by atoms with Crippen LogP contribution in [0.1, 0.15) is 156 Å². The SMILES string of the molecule is C/C=C/C[C@@H](C)[C@@H](O)[C@H]1C(=O)N[C@@H](CC)C(=O)N(C)CC(=O)N(C)[C@@H]([C@@H](C)OCCCCOC(=O)NC)C(=O)N[C@@H](C(C)C)C(=O)N(C)[C@@H](CC(C)C)C(=O)N[C@@H](C)C(=O)N[C@H](C)C(=O)N(C)[C@@H](CC(C)C)C(=O)N(C)[C@@H](CC(C)C)C(=O)N(C)[C@@H](C(C)C)C(=O)N1C. The lowest BCUT2D eigenvalue weighted by atomic mass is 9.91. The van der Waals surface area contributed by atoms with Crippen LogP contribution in [0.2, 0.25) is 0 Å². The van der Waals surface area contributed by atoms with Gasteiger partial charge < -0.3 is 75.5 Å². The highest BCUT2D eigenvalue weighted by molar-refractivity contribution is 5.99. The molecule has 1 heterocycles. The third-order valence-electron chi connectivity index (χ3n) is 17.1. The minimum atomic E-state index is -1.65. The predicted molar refractivity (Wildman–Crippen MR) is 354 cm³/mol. The van der Waals surface area contributed by atoms with E-state index in [-0.39, 0.29) is 63.1 Å². The van der Waals surface area contributed by atoms with Gasteiger partial charge in [0.05, 0.1) is 25.4 Å². The van der Waals surface area contributed by atoms with Gasteiger partial charge in [-0.25, -0.2) is 4.79 Å². The summed E-state index contributed by atoms with van der Waals surface area (Å²) >= 11 is 0. The second-order valence-electron chi connectivity index (χ2n) is 27.1. The Labute approximate surface area is 554 Å². The Hall–Kier alpha value is -6.90. The Balaban J connectivity index is 4.37. The van der Waals surface area contributed by atoms with Crippen molar-refractivity contribution in [3.63, 3.8) is 0 Å². The van der Waals surface area contributed by atoms with E-state index in [1.807, 2.05) is 41.5 Å². The number of hydrogen-bond acceptors (Lipinski definition) is 15. The predicted octanol–water partition coefficient (Wildman–Crippen LogP) is 2.76. The minimum absolute atomic E-state index is 0.0270. The number of ether oxygens (including phenoxy) is 2. The van der Waals surface area contributed by atoms with Crippen LogP contribution in [0.25, 0.3) is 0 Å². The second kappa shape index (κ2) is 39.7. The quantitative estimate of drug-likeness (QED) is 0.0754. The fourth-order valence-electron chi connectivity index (χ4n) is 11.3.